The number of allylic oxidation sites excluding steroid dienone is 2. The van der Waals surface area contributed by atoms with Gasteiger partial charge in [0.2, 0.25) is 5.88 Å². The predicted molar refractivity (Wildman–Crippen MR) is 110 cm³/mol. The van der Waals surface area contributed by atoms with Crippen molar-refractivity contribution in [2.45, 2.75) is 38.5 Å². The van der Waals surface area contributed by atoms with Crippen molar-refractivity contribution in [1.82, 2.24) is 5.16 Å². The molecule has 1 aromatic heterocycles. The molecule has 3 aromatic rings. The largest absolute Gasteiger partial charge is 0.508 e. The molecule has 2 heterocycles. The molecule has 0 fully saturated rings. The molecule has 1 aliphatic heterocycles. The Bertz CT molecular complexity index is 1140. The Morgan fingerprint density at radius 2 is 1.86 bits per heavy atom. The molecular weight excluding hydrogens is 364 g/mol. The van der Waals surface area contributed by atoms with Gasteiger partial charge in [-0.25, -0.2) is 0 Å². The van der Waals surface area contributed by atoms with Crippen molar-refractivity contribution < 1.29 is 14.4 Å². The van der Waals surface area contributed by atoms with E-state index in [2.05, 4.69) is 35.6 Å². The fraction of sp³-hybridized carbons (Fsp3) is 0.250. The first kappa shape index (κ1) is 17.7. The molecule has 0 radical (unpaired) electrons. The SMILES string of the molecule is Cc1cccc([C@H]2C3=C(C[C@@H](c4ccc(O)cc4)CC3=O)Nc3onc(C)c32)c1. The van der Waals surface area contributed by atoms with Gasteiger partial charge in [0.15, 0.2) is 5.78 Å². The molecule has 0 unspecified atom stereocenters. The first-order chi connectivity index (χ1) is 14.0. The van der Waals surface area contributed by atoms with Crippen molar-refractivity contribution in [3.63, 3.8) is 0 Å². The van der Waals surface area contributed by atoms with E-state index >= 15 is 0 Å². The second kappa shape index (κ2) is 6.62. The van der Waals surface area contributed by atoms with Gasteiger partial charge in [-0.05, 0) is 49.4 Å². The van der Waals surface area contributed by atoms with Crippen LogP contribution in [0.1, 0.15) is 52.6 Å². The van der Waals surface area contributed by atoms with Gasteiger partial charge in [0.25, 0.3) is 0 Å². The Morgan fingerprint density at radius 3 is 2.62 bits per heavy atom. The van der Waals surface area contributed by atoms with Crippen LogP contribution in [-0.4, -0.2) is 16.0 Å². The van der Waals surface area contributed by atoms with Crippen molar-refractivity contribution in [2.24, 2.45) is 0 Å². The molecule has 0 bridgehead atoms. The van der Waals surface area contributed by atoms with Crippen molar-refractivity contribution in [3.8, 4) is 5.75 Å². The number of Topliss-reactive ketones (excluding diaryl/α,β-unsaturated/α-hetero) is 1. The van der Waals surface area contributed by atoms with E-state index < -0.39 is 0 Å². The zero-order valence-corrected chi connectivity index (χ0v) is 16.4. The molecule has 5 rings (SSSR count). The van der Waals surface area contributed by atoms with E-state index in [0.717, 1.165) is 39.2 Å². The Kier molecular flexibility index (Phi) is 4.05. The summed E-state index contributed by atoms with van der Waals surface area (Å²) in [7, 11) is 0. The first-order valence-electron chi connectivity index (χ1n) is 9.86. The van der Waals surface area contributed by atoms with E-state index in [9.17, 15) is 9.90 Å². The zero-order valence-electron chi connectivity index (χ0n) is 16.4. The predicted octanol–water partition coefficient (Wildman–Crippen LogP) is 4.96. The smallest absolute Gasteiger partial charge is 0.233 e. The standard InChI is InChI=1S/C24H22N2O3/c1-13-4-3-5-16(10-13)22-21-14(2)26-29-24(21)25-19-11-17(12-20(28)23(19)22)15-6-8-18(27)9-7-15/h3-10,17,22,25,27H,11-12H2,1-2H3/t17-,22-/m1/s1. The van der Waals surface area contributed by atoms with Gasteiger partial charge in [0, 0.05) is 23.6 Å². The van der Waals surface area contributed by atoms with Crippen LogP contribution in [0.5, 0.6) is 5.75 Å². The van der Waals surface area contributed by atoms with Crippen LogP contribution >= 0.6 is 0 Å². The van der Waals surface area contributed by atoms with Crippen LogP contribution < -0.4 is 5.32 Å². The summed E-state index contributed by atoms with van der Waals surface area (Å²) < 4.78 is 5.57. The first-order valence-corrected chi connectivity index (χ1v) is 9.86. The summed E-state index contributed by atoms with van der Waals surface area (Å²) in [6, 6.07) is 15.4. The van der Waals surface area contributed by atoms with E-state index in [1.54, 1.807) is 12.1 Å². The zero-order chi connectivity index (χ0) is 20.1. The fourth-order valence-electron chi connectivity index (χ4n) is 4.64. The summed E-state index contributed by atoms with van der Waals surface area (Å²) in [5.41, 5.74) is 6.78. The minimum absolute atomic E-state index is 0.0677. The number of nitrogens with zero attached hydrogens (tertiary/aromatic N) is 1. The van der Waals surface area contributed by atoms with Crippen molar-refractivity contribution in [1.29, 1.82) is 0 Å². The number of hydrogen-bond acceptors (Lipinski definition) is 5. The lowest BCUT2D eigenvalue weighted by molar-refractivity contribution is -0.116. The average molecular weight is 386 g/mol. The van der Waals surface area contributed by atoms with Crippen LogP contribution in [-0.2, 0) is 4.79 Å². The van der Waals surface area contributed by atoms with Gasteiger partial charge < -0.3 is 14.9 Å². The molecular formula is C24H22N2O3. The van der Waals surface area contributed by atoms with Crippen LogP contribution in [0.25, 0.3) is 0 Å². The van der Waals surface area contributed by atoms with E-state index in [1.165, 1.54) is 0 Å². The highest BCUT2D eigenvalue weighted by Gasteiger charge is 2.41. The number of fused-ring (bicyclic) bond motifs is 1. The summed E-state index contributed by atoms with van der Waals surface area (Å²) in [5, 5.41) is 17.1. The maximum absolute atomic E-state index is 13.4. The van der Waals surface area contributed by atoms with Gasteiger partial charge in [-0.2, -0.15) is 0 Å². The fourth-order valence-corrected chi connectivity index (χ4v) is 4.64. The number of ketones is 1. The van der Waals surface area contributed by atoms with Gasteiger partial charge in [0.1, 0.15) is 5.75 Å². The van der Waals surface area contributed by atoms with E-state index in [4.69, 9.17) is 4.52 Å². The summed E-state index contributed by atoms with van der Waals surface area (Å²) in [6.45, 7) is 3.98. The van der Waals surface area contributed by atoms with Crippen LogP contribution in [0.4, 0.5) is 5.88 Å². The van der Waals surface area contributed by atoms with Gasteiger partial charge >= 0.3 is 0 Å². The molecule has 2 aromatic carbocycles. The van der Waals surface area contributed by atoms with Gasteiger partial charge in [-0.1, -0.05) is 47.1 Å². The third-order valence-corrected chi connectivity index (χ3v) is 6.00. The number of anilines is 1. The molecule has 5 nitrogen and oxygen atoms in total. The molecule has 1 aliphatic carbocycles. The highest BCUT2D eigenvalue weighted by molar-refractivity contribution is 6.01. The Hall–Kier alpha value is -3.34. The molecule has 146 valence electrons. The van der Waals surface area contributed by atoms with Gasteiger partial charge in [-0.3, -0.25) is 4.79 Å². The summed E-state index contributed by atoms with van der Waals surface area (Å²) >= 11 is 0. The second-order valence-electron chi connectivity index (χ2n) is 8.00. The maximum Gasteiger partial charge on any atom is 0.233 e. The molecule has 0 amide bonds. The molecule has 2 N–H and O–H groups in total. The normalized spacial score (nSPS) is 20.8. The second-order valence-corrected chi connectivity index (χ2v) is 8.00. The van der Waals surface area contributed by atoms with Crippen LogP contribution in [0.15, 0.2) is 64.3 Å². The van der Waals surface area contributed by atoms with Crippen molar-refractivity contribution in [2.75, 3.05) is 5.32 Å². The number of aromatic nitrogens is 1. The number of rotatable bonds is 2. The number of aryl methyl sites for hydroxylation is 2. The number of phenols is 1. The Balaban J connectivity index is 1.62. The highest BCUT2D eigenvalue weighted by Crippen LogP contribution is 2.49. The monoisotopic (exact) mass is 386 g/mol. The number of aromatic hydroxyl groups is 1. The lowest BCUT2D eigenvalue weighted by Gasteiger charge is -2.34. The molecule has 0 saturated carbocycles. The lowest BCUT2D eigenvalue weighted by Crippen LogP contribution is -2.29. The van der Waals surface area contributed by atoms with E-state index in [0.29, 0.717) is 18.7 Å². The molecule has 2 aliphatic rings. The minimum atomic E-state index is -0.166. The van der Waals surface area contributed by atoms with Crippen LogP contribution in [0, 0.1) is 13.8 Å². The lowest BCUT2D eigenvalue weighted by atomic mass is 9.72. The molecule has 29 heavy (non-hydrogen) atoms. The number of carbonyl (C=O) groups is 1. The molecule has 0 saturated heterocycles. The topological polar surface area (TPSA) is 75.4 Å². The van der Waals surface area contributed by atoms with Crippen LogP contribution in [0.2, 0.25) is 0 Å². The minimum Gasteiger partial charge on any atom is -0.508 e. The number of hydrogen-bond donors (Lipinski definition) is 2. The van der Waals surface area contributed by atoms with Gasteiger partial charge in [-0.15, -0.1) is 0 Å². The van der Waals surface area contributed by atoms with Crippen LogP contribution in [0.3, 0.4) is 0 Å². The maximum atomic E-state index is 13.4. The summed E-state index contributed by atoms with van der Waals surface area (Å²) in [6.07, 6.45) is 1.17. The Labute approximate surface area is 169 Å². The number of carbonyl (C=O) groups excluding carboxylic acids is 1. The van der Waals surface area contributed by atoms with E-state index in [1.807, 2.05) is 25.1 Å². The number of nitrogens with one attached hydrogen (secondary N) is 1. The van der Waals surface area contributed by atoms with Crippen molar-refractivity contribution in [3.05, 3.63) is 87.7 Å². The highest BCUT2D eigenvalue weighted by atomic mass is 16.5. The third kappa shape index (κ3) is 2.94. The summed E-state index contributed by atoms with van der Waals surface area (Å²) in [4.78, 5) is 13.4. The molecule has 0 spiro atoms. The van der Waals surface area contributed by atoms with Gasteiger partial charge in [0.05, 0.1) is 11.3 Å². The average Bonchev–Trinajstić information content (AvgIpc) is 3.07. The van der Waals surface area contributed by atoms with Crippen molar-refractivity contribution >= 4 is 11.7 Å². The number of phenolic OH excluding ortho intramolecular Hbond substituents is 1. The third-order valence-electron chi connectivity index (χ3n) is 6.00. The molecule has 2 atom stereocenters. The van der Waals surface area contributed by atoms with E-state index in [-0.39, 0.29) is 23.4 Å². The summed E-state index contributed by atoms with van der Waals surface area (Å²) in [5.74, 6) is 0.910. The number of benzene rings is 2. The molecule has 5 heteroatoms. The Morgan fingerprint density at radius 1 is 1.07 bits per heavy atom. The quantitative estimate of drug-likeness (QED) is 0.651.